The van der Waals surface area contributed by atoms with Crippen LogP contribution in [0.2, 0.25) is 0 Å². The molecule has 0 aliphatic rings. The van der Waals surface area contributed by atoms with Crippen molar-refractivity contribution >= 4 is 5.91 Å². The number of tetrazole rings is 1. The van der Waals surface area contributed by atoms with E-state index in [1.54, 1.807) is 12.1 Å². The first-order valence-corrected chi connectivity index (χ1v) is 7.85. The van der Waals surface area contributed by atoms with Gasteiger partial charge in [-0.05, 0) is 41.8 Å². The van der Waals surface area contributed by atoms with Crippen LogP contribution in [0.15, 0.2) is 30.6 Å². The zero-order chi connectivity index (χ0) is 16.7. The van der Waals surface area contributed by atoms with Crippen LogP contribution in [0.1, 0.15) is 32.3 Å². The highest BCUT2D eigenvalue weighted by Gasteiger charge is 2.19. The molecule has 0 fully saturated rings. The Morgan fingerprint density at radius 1 is 1.39 bits per heavy atom. The fraction of sp³-hybridized carbons (Fsp3) is 0.500. The summed E-state index contributed by atoms with van der Waals surface area (Å²) in [6.07, 6.45) is 3.17. The highest BCUT2D eigenvalue weighted by molar-refractivity contribution is 5.76. The fourth-order valence-corrected chi connectivity index (χ4v) is 2.39. The van der Waals surface area contributed by atoms with E-state index in [4.69, 9.17) is 0 Å². The van der Waals surface area contributed by atoms with Crippen molar-refractivity contribution < 1.29 is 9.18 Å². The molecule has 1 aromatic carbocycles. The van der Waals surface area contributed by atoms with Crippen LogP contribution in [0.5, 0.6) is 0 Å². The van der Waals surface area contributed by atoms with Crippen LogP contribution < -0.4 is 0 Å². The van der Waals surface area contributed by atoms with Crippen molar-refractivity contribution in [2.24, 2.45) is 0 Å². The van der Waals surface area contributed by atoms with Gasteiger partial charge < -0.3 is 4.90 Å². The Hall–Kier alpha value is -2.31. The lowest BCUT2D eigenvalue weighted by atomic mass is 10.1. The highest BCUT2D eigenvalue weighted by atomic mass is 19.1. The lowest BCUT2D eigenvalue weighted by Crippen LogP contribution is -2.40. The molecule has 7 heteroatoms. The van der Waals surface area contributed by atoms with Crippen LogP contribution in [0.3, 0.4) is 0 Å². The third-order valence-corrected chi connectivity index (χ3v) is 3.97. The van der Waals surface area contributed by atoms with Crippen molar-refractivity contribution in [3.05, 3.63) is 42.0 Å². The molecule has 0 N–H and O–H groups in total. The molecule has 0 saturated heterocycles. The molecular weight excluding hydrogens is 297 g/mol. The third-order valence-electron chi connectivity index (χ3n) is 3.97. The number of benzene rings is 1. The topological polar surface area (TPSA) is 63.9 Å². The SMILES string of the molecule is CCC(C)N(CCc1ccccc1F)C(=O)CCn1cnnn1. The van der Waals surface area contributed by atoms with Gasteiger partial charge in [-0.2, -0.15) is 0 Å². The van der Waals surface area contributed by atoms with Gasteiger partial charge in [0.25, 0.3) is 0 Å². The number of amides is 1. The van der Waals surface area contributed by atoms with Gasteiger partial charge in [0.15, 0.2) is 0 Å². The molecule has 0 aliphatic carbocycles. The van der Waals surface area contributed by atoms with Crippen molar-refractivity contribution in [2.75, 3.05) is 6.54 Å². The predicted molar refractivity (Wildman–Crippen MR) is 84.0 cm³/mol. The van der Waals surface area contributed by atoms with Crippen molar-refractivity contribution in [1.29, 1.82) is 0 Å². The molecule has 1 aromatic heterocycles. The minimum atomic E-state index is -0.224. The van der Waals surface area contributed by atoms with Crippen molar-refractivity contribution in [1.82, 2.24) is 25.1 Å². The van der Waals surface area contributed by atoms with E-state index in [2.05, 4.69) is 15.5 Å². The van der Waals surface area contributed by atoms with Crippen molar-refractivity contribution in [3.8, 4) is 0 Å². The van der Waals surface area contributed by atoms with Crippen LogP contribution in [-0.2, 0) is 17.8 Å². The van der Waals surface area contributed by atoms with Gasteiger partial charge in [-0.1, -0.05) is 25.1 Å². The van der Waals surface area contributed by atoms with E-state index in [-0.39, 0.29) is 17.8 Å². The zero-order valence-electron chi connectivity index (χ0n) is 13.5. The van der Waals surface area contributed by atoms with E-state index in [0.29, 0.717) is 31.5 Å². The number of carbonyl (C=O) groups excluding carboxylic acids is 1. The van der Waals surface area contributed by atoms with Gasteiger partial charge in [-0.15, -0.1) is 5.10 Å². The van der Waals surface area contributed by atoms with E-state index in [9.17, 15) is 9.18 Å². The number of carbonyl (C=O) groups is 1. The number of halogens is 1. The molecule has 0 radical (unpaired) electrons. The number of aryl methyl sites for hydroxylation is 1. The number of rotatable bonds is 8. The lowest BCUT2D eigenvalue weighted by molar-refractivity contribution is -0.133. The third kappa shape index (κ3) is 4.84. The summed E-state index contributed by atoms with van der Waals surface area (Å²) in [5.74, 6) is -0.191. The Morgan fingerprint density at radius 2 is 2.17 bits per heavy atom. The van der Waals surface area contributed by atoms with Gasteiger partial charge in [0, 0.05) is 19.0 Å². The predicted octanol–water partition coefficient (Wildman–Crippen LogP) is 2.07. The maximum Gasteiger partial charge on any atom is 0.224 e. The molecular formula is C16H22FN5O. The monoisotopic (exact) mass is 319 g/mol. The minimum absolute atomic E-state index is 0.0335. The van der Waals surface area contributed by atoms with Gasteiger partial charge >= 0.3 is 0 Å². The molecule has 1 atom stereocenters. The molecule has 1 unspecified atom stereocenters. The highest BCUT2D eigenvalue weighted by Crippen LogP contribution is 2.12. The second-order valence-corrected chi connectivity index (χ2v) is 5.51. The van der Waals surface area contributed by atoms with Crippen LogP contribution >= 0.6 is 0 Å². The molecule has 0 aliphatic heterocycles. The molecule has 6 nitrogen and oxygen atoms in total. The van der Waals surface area contributed by atoms with Crippen LogP contribution in [0, 0.1) is 5.82 Å². The van der Waals surface area contributed by atoms with E-state index in [0.717, 1.165) is 6.42 Å². The van der Waals surface area contributed by atoms with Gasteiger partial charge in [0.05, 0.1) is 6.54 Å². The molecule has 23 heavy (non-hydrogen) atoms. The molecule has 2 aromatic rings. The van der Waals surface area contributed by atoms with Crippen LogP contribution in [0.4, 0.5) is 4.39 Å². The van der Waals surface area contributed by atoms with E-state index in [1.165, 1.54) is 17.1 Å². The van der Waals surface area contributed by atoms with Crippen LogP contribution in [0.25, 0.3) is 0 Å². The summed E-state index contributed by atoms with van der Waals surface area (Å²) in [4.78, 5) is 14.3. The van der Waals surface area contributed by atoms with E-state index < -0.39 is 0 Å². The second-order valence-electron chi connectivity index (χ2n) is 5.51. The standard InChI is InChI=1S/C16H22FN5O/c1-3-13(2)22(11-8-14-6-4-5-7-15(14)17)16(23)9-10-21-12-18-19-20-21/h4-7,12-13H,3,8-11H2,1-2H3. The summed E-state index contributed by atoms with van der Waals surface area (Å²) in [6, 6.07) is 6.80. The van der Waals surface area contributed by atoms with Crippen LogP contribution in [-0.4, -0.2) is 43.6 Å². The first-order chi connectivity index (χ1) is 11.1. The van der Waals surface area contributed by atoms with Gasteiger partial charge in [-0.3, -0.25) is 4.79 Å². The first-order valence-electron chi connectivity index (χ1n) is 7.85. The molecule has 0 saturated carbocycles. The largest absolute Gasteiger partial charge is 0.340 e. The summed E-state index contributed by atoms with van der Waals surface area (Å²) in [7, 11) is 0. The quantitative estimate of drug-likeness (QED) is 0.747. The second kappa shape index (κ2) is 8.36. The smallest absolute Gasteiger partial charge is 0.224 e. The molecule has 0 bridgehead atoms. The number of aromatic nitrogens is 4. The lowest BCUT2D eigenvalue weighted by Gasteiger charge is -2.29. The summed E-state index contributed by atoms with van der Waals surface area (Å²) < 4.78 is 15.3. The normalized spacial score (nSPS) is 12.1. The number of nitrogens with zero attached hydrogens (tertiary/aromatic N) is 5. The Kier molecular flexibility index (Phi) is 6.19. The summed E-state index contributed by atoms with van der Waals surface area (Å²) in [5.41, 5.74) is 0.633. The van der Waals surface area contributed by atoms with Gasteiger partial charge in [0.1, 0.15) is 12.1 Å². The van der Waals surface area contributed by atoms with Gasteiger partial charge in [-0.25, -0.2) is 9.07 Å². The molecule has 124 valence electrons. The zero-order valence-corrected chi connectivity index (χ0v) is 13.5. The Labute approximate surface area is 135 Å². The fourth-order valence-electron chi connectivity index (χ4n) is 2.39. The maximum atomic E-state index is 13.7. The number of hydrogen-bond acceptors (Lipinski definition) is 4. The Morgan fingerprint density at radius 3 is 2.83 bits per heavy atom. The van der Waals surface area contributed by atoms with Crippen molar-refractivity contribution in [3.63, 3.8) is 0 Å². The van der Waals surface area contributed by atoms with Gasteiger partial charge in [0.2, 0.25) is 5.91 Å². The van der Waals surface area contributed by atoms with E-state index in [1.807, 2.05) is 24.8 Å². The molecule has 1 amide bonds. The molecule has 1 heterocycles. The van der Waals surface area contributed by atoms with E-state index >= 15 is 0 Å². The number of hydrogen-bond donors (Lipinski definition) is 0. The average Bonchev–Trinajstić information content (AvgIpc) is 3.07. The Bertz CT molecular complexity index is 617. The maximum absolute atomic E-state index is 13.7. The summed E-state index contributed by atoms with van der Waals surface area (Å²) in [6.45, 7) is 4.99. The Balaban J connectivity index is 1.95. The molecule has 2 rings (SSSR count). The minimum Gasteiger partial charge on any atom is -0.340 e. The first kappa shape index (κ1) is 17.1. The average molecular weight is 319 g/mol. The summed E-state index contributed by atoms with van der Waals surface area (Å²) >= 11 is 0. The molecule has 0 spiro atoms. The van der Waals surface area contributed by atoms with Crippen molar-refractivity contribution in [2.45, 2.75) is 45.7 Å². The summed E-state index contributed by atoms with van der Waals surface area (Å²) in [5, 5.41) is 10.8.